The smallest absolute Gasteiger partial charge is 0.315 e. The molecule has 3 nitrogen and oxygen atoms in total. The van der Waals surface area contributed by atoms with Crippen LogP contribution in [0, 0.1) is 6.42 Å². The van der Waals surface area contributed by atoms with Crippen molar-refractivity contribution in [2.45, 2.75) is 6.42 Å². The van der Waals surface area contributed by atoms with Gasteiger partial charge >= 0.3 is 5.97 Å². The molecule has 0 aromatic rings. The highest BCUT2D eigenvalue weighted by molar-refractivity contribution is 5.94. The van der Waals surface area contributed by atoms with Crippen molar-refractivity contribution in [3.8, 4) is 0 Å². The molecule has 0 spiro atoms. The quantitative estimate of drug-likeness (QED) is 0.400. The lowest BCUT2D eigenvalue weighted by atomic mass is 10.2. The summed E-state index contributed by atoms with van der Waals surface area (Å²) in [6.45, 7) is -0.0775. The van der Waals surface area contributed by atoms with E-state index < -0.39 is 5.97 Å². The van der Waals surface area contributed by atoms with Gasteiger partial charge in [0.05, 0.1) is 0 Å². The van der Waals surface area contributed by atoms with Crippen LogP contribution in [0.4, 0.5) is 0 Å². The predicted molar refractivity (Wildman–Crippen MR) is 23.8 cm³/mol. The van der Waals surface area contributed by atoms with Crippen molar-refractivity contribution < 1.29 is 14.3 Å². The van der Waals surface area contributed by atoms with Crippen molar-refractivity contribution in [1.29, 1.82) is 0 Å². The Bertz CT molecular complexity index is 99.6. The number of cyclic esters (lactones) is 1. The largest absolute Gasteiger partial charge is 0.457 e. The Hall–Kier alpha value is -0.860. The van der Waals surface area contributed by atoms with Crippen molar-refractivity contribution in [3.05, 3.63) is 6.42 Å². The molecule has 0 amide bonds. The number of Topliss-reactive ketones (excluding diaryl/α,β-unsaturated/α-hetero) is 1. The van der Waals surface area contributed by atoms with Gasteiger partial charge in [-0.15, -0.1) is 0 Å². The van der Waals surface area contributed by atoms with E-state index in [-0.39, 0.29) is 18.8 Å². The van der Waals surface area contributed by atoms with Gasteiger partial charge in [0.2, 0.25) is 0 Å². The zero-order valence-electron chi connectivity index (χ0n) is 4.14. The number of ether oxygens (including phenoxy) is 1. The van der Waals surface area contributed by atoms with E-state index in [0.29, 0.717) is 0 Å². The fourth-order valence-corrected chi connectivity index (χ4v) is 0.419. The molecular formula is C5H4O3. The van der Waals surface area contributed by atoms with E-state index in [9.17, 15) is 9.59 Å². The van der Waals surface area contributed by atoms with Gasteiger partial charge in [0.15, 0.2) is 5.78 Å². The lowest BCUT2D eigenvalue weighted by molar-refractivity contribution is -0.148. The van der Waals surface area contributed by atoms with Gasteiger partial charge in [-0.2, -0.15) is 0 Å². The van der Waals surface area contributed by atoms with Gasteiger partial charge in [0.1, 0.15) is 13.0 Å². The van der Waals surface area contributed by atoms with E-state index in [1.165, 1.54) is 0 Å². The Morgan fingerprint density at radius 1 is 1.50 bits per heavy atom. The first kappa shape index (κ1) is 5.28. The van der Waals surface area contributed by atoms with Crippen LogP contribution in [-0.4, -0.2) is 18.4 Å². The molecule has 1 aliphatic rings. The van der Waals surface area contributed by atoms with Crippen LogP contribution in [0.1, 0.15) is 6.42 Å². The van der Waals surface area contributed by atoms with E-state index in [4.69, 9.17) is 0 Å². The van der Waals surface area contributed by atoms with Crippen molar-refractivity contribution in [2.75, 3.05) is 6.61 Å². The van der Waals surface area contributed by atoms with Gasteiger partial charge in [-0.05, 0) is 0 Å². The first-order chi connectivity index (χ1) is 3.79. The van der Waals surface area contributed by atoms with Gasteiger partial charge in [-0.3, -0.25) is 9.59 Å². The molecule has 0 unspecified atom stereocenters. The topological polar surface area (TPSA) is 43.4 Å². The second-order valence-corrected chi connectivity index (χ2v) is 1.47. The van der Waals surface area contributed by atoms with E-state index in [1.54, 1.807) is 0 Å². The van der Waals surface area contributed by atoms with E-state index >= 15 is 0 Å². The number of esters is 1. The van der Waals surface area contributed by atoms with Crippen LogP contribution in [0.15, 0.2) is 0 Å². The molecular weight excluding hydrogens is 108 g/mol. The first-order valence-corrected chi connectivity index (χ1v) is 2.21. The lowest BCUT2D eigenvalue weighted by Gasteiger charge is -2.06. The lowest BCUT2D eigenvalue weighted by Crippen LogP contribution is -2.21. The Morgan fingerprint density at radius 3 is 2.62 bits per heavy atom. The van der Waals surface area contributed by atoms with Crippen LogP contribution >= 0.6 is 0 Å². The summed E-state index contributed by atoms with van der Waals surface area (Å²) in [6.07, 6.45) is 2.33. The molecule has 1 rings (SSSR count). The summed E-state index contributed by atoms with van der Waals surface area (Å²) in [7, 11) is 0. The van der Waals surface area contributed by atoms with E-state index in [2.05, 4.69) is 11.2 Å². The number of hydrogen-bond donors (Lipinski definition) is 0. The normalized spacial score (nSPS) is 20.5. The maximum atomic E-state index is 10.3. The highest BCUT2D eigenvalue weighted by Crippen LogP contribution is 1.99. The molecule has 3 heteroatoms. The molecule has 0 aliphatic carbocycles. The van der Waals surface area contributed by atoms with E-state index in [1.807, 2.05) is 0 Å². The van der Waals surface area contributed by atoms with Crippen LogP contribution in [0.2, 0.25) is 0 Å². The van der Waals surface area contributed by atoms with Gasteiger partial charge in [0.25, 0.3) is 0 Å². The Kier molecular flexibility index (Phi) is 1.28. The van der Waals surface area contributed by atoms with Crippen molar-refractivity contribution in [1.82, 2.24) is 0 Å². The summed E-state index contributed by atoms with van der Waals surface area (Å²) >= 11 is 0. The molecule has 0 saturated carbocycles. The third-order valence-electron chi connectivity index (χ3n) is 0.794. The zero-order chi connectivity index (χ0) is 5.98. The highest BCUT2D eigenvalue weighted by atomic mass is 16.5. The summed E-state index contributed by atoms with van der Waals surface area (Å²) in [5.74, 6) is -0.603. The van der Waals surface area contributed by atoms with Crippen LogP contribution < -0.4 is 0 Å². The summed E-state index contributed by atoms with van der Waals surface area (Å²) in [5.41, 5.74) is 0. The zero-order valence-corrected chi connectivity index (χ0v) is 4.14. The van der Waals surface area contributed by atoms with Crippen LogP contribution in [0.5, 0.6) is 0 Å². The summed E-state index contributed by atoms with van der Waals surface area (Å²) < 4.78 is 4.29. The number of hydrogen-bond acceptors (Lipinski definition) is 3. The number of ketones is 1. The summed E-state index contributed by atoms with van der Waals surface area (Å²) in [6, 6.07) is 0. The minimum Gasteiger partial charge on any atom is -0.457 e. The molecule has 0 aromatic carbocycles. The second kappa shape index (κ2) is 1.94. The average Bonchev–Trinajstić information content (AvgIpc) is 1.77. The molecule has 0 bridgehead atoms. The fraction of sp³-hybridized carbons (Fsp3) is 0.400. The first-order valence-electron chi connectivity index (χ1n) is 2.21. The van der Waals surface area contributed by atoms with Gasteiger partial charge < -0.3 is 4.74 Å². The molecule has 42 valence electrons. The second-order valence-electron chi connectivity index (χ2n) is 1.47. The molecule has 8 heavy (non-hydrogen) atoms. The van der Waals surface area contributed by atoms with Crippen LogP contribution in [0.25, 0.3) is 0 Å². The molecule has 0 aromatic heterocycles. The third-order valence-corrected chi connectivity index (χ3v) is 0.794. The van der Waals surface area contributed by atoms with E-state index in [0.717, 1.165) is 0 Å². The average molecular weight is 112 g/mol. The third kappa shape index (κ3) is 1.05. The van der Waals surface area contributed by atoms with Gasteiger partial charge in [-0.1, -0.05) is 0 Å². The van der Waals surface area contributed by atoms with Crippen molar-refractivity contribution in [3.63, 3.8) is 0 Å². The molecule has 2 radical (unpaired) electrons. The maximum absolute atomic E-state index is 10.3. The number of carbonyl (C=O) groups is 2. The molecule has 0 atom stereocenters. The standard InChI is InChI=1S/C5H4O3/c6-4-1-2-5(7)8-3-4/h1,3H2. The van der Waals surface area contributed by atoms with Crippen LogP contribution in [0.3, 0.4) is 0 Å². The molecule has 1 saturated heterocycles. The molecule has 1 fully saturated rings. The van der Waals surface area contributed by atoms with Gasteiger partial charge in [-0.25, -0.2) is 0 Å². The molecule has 0 N–H and O–H groups in total. The van der Waals surface area contributed by atoms with Crippen molar-refractivity contribution >= 4 is 11.8 Å². The Balaban J connectivity index is 2.40. The maximum Gasteiger partial charge on any atom is 0.315 e. The minimum atomic E-state index is -0.510. The Morgan fingerprint density at radius 2 is 2.25 bits per heavy atom. The number of carbonyl (C=O) groups excluding carboxylic acids is 2. The molecule has 1 heterocycles. The van der Waals surface area contributed by atoms with Crippen LogP contribution in [-0.2, 0) is 14.3 Å². The number of rotatable bonds is 0. The highest BCUT2D eigenvalue weighted by Gasteiger charge is 2.16. The molecule has 1 aliphatic heterocycles. The monoisotopic (exact) mass is 112 g/mol. The van der Waals surface area contributed by atoms with Gasteiger partial charge in [0, 0.05) is 6.42 Å². The summed E-state index contributed by atoms with van der Waals surface area (Å²) in [5, 5.41) is 0. The Labute approximate surface area is 46.6 Å². The SMILES string of the molecule is O=C1C[C]C(=O)OC1. The minimum absolute atomic E-state index is 0.0775. The summed E-state index contributed by atoms with van der Waals surface area (Å²) in [4.78, 5) is 20.4. The van der Waals surface area contributed by atoms with Crippen molar-refractivity contribution in [2.24, 2.45) is 0 Å². The fourth-order valence-electron chi connectivity index (χ4n) is 0.419. The predicted octanol–water partition coefficient (Wildman–Crippen LogP) is -0.416.